The Bertz CT molecular complexity index is 1080. The van der Waals surface area contributed by atoms with Crippen molar-refractivity contribution >= 4 is 5.70 Å². The van der Waals surface area contributed by atoms with Crippen LogP contribution in [-0.4, -0.2) is 41.8 Å². The Hall–Kier alpha value is -2.99. The quantitative estimate of drug-likeness (QED) is 0.484. The molecule has 0 saturated heterocycles. The SMILES string of the molecule is CN(C)CCC/C=C\CCC1NC2=CC=CCc3c2c(n[nH]c3=O)C1c1ccc(F)cc1. The number of nitrogens with one attached hydrogen (secondary N) is 2. The number of allylic oxidation sites excluding steroid dienone is 5. The van der Waals surface area contributed by atoms with Gasteiger partial charge in [0.1, 0.15) is 5.82 Å². The predicted octanol–water partition coefficient (Wildman–Crippen LogP) is 4.14. The lowest BCUT2D eigenvalue weighted by atomic mass is 9.79. The summed E-state index contributed by atoms with van der Waals surface area (Å²) in [6.07, 6.45) is 15.2. The fourth-order valence-corrected chi connectivity index (χ4v) is 4.59. The fraction of sp³-hybridized carbons (Fsp3) is 0.385. The zero-order valence-electron chi connectivity index (χ0n) is 18.8. The first-order chi connectivity index (χ1) is 15.5. The highest BCUT2D eigenvalue weighted by Crippen LogP contribution is 2.39. The maximum absolute atomic E-state index is 13.6. The van der Waals surface area contributed by atoms with E-state index in [0.717, 1.165) is 60.3 Å². The zero-order valence-corrected chi connectivity index (χ0v) is 18.8. The smallest absolute Gasteiger partial charge is 0.268 e. The Morgan fingerprint density at radius 2 is 1.97 bits per heavy atom. The number of aromatic amines is 1. The number of unbranched alkanes of at least 4 members (excludes halogenated alkanes) is 1. The van der Waals surface area contributed by atoms with Crippen LogP contribution in [-0.2, 0) is 6.42 Å². The average molecular weight is 435 g/mol. The molecule has 2 unspecified atom stereocenters. The van der Waals surface area contributed by atoms with Gasteiger partial charge in [-0.1, -0.05) is 36.4 Å². The van der Waals surface area contributed by atoms with E-state index in [9.17, 15) is 9.18 Å². The van der Waals surface area contributed by atoms with Gasteiger partial charge in [-0.05, 0) is 76.5 Å². The molecule has 0 spiro atoms. The molecule has 0 radical (unpaired) electrons. The van der Waals surface area contributed by atoms with Crippen molar-refractivity contribution in [3.8, 4) is 0 Å². The molecule has 0 amide bonds. The lowest BCUT2D eigenvalue weighted by Gasteiger charge is -2.36. The molecule has 1 aliphatic heterocycles. The number of H-pyrrole nitrogens is 1. The van der Waals surface area contributed by atoms with Gasteiger partial charge in [-0.15, -0.1) is 0 Å². The molecule has 0 bridgehead atoms. The van der Waals surface area contributed by atoms with Crippen LogP contribution in [0.2, 0.25) is 0 Å². The second-order valence-corrected chi connectivity index (χ2v) is 8.78. The molecule has 6 heteroatoms. The van der Waals surface area contributed by atoms with Crippen molar-refractivity contribution < 1.29 is 4.39 Å². The van der Waals surface area contributed by atoms with Gasteiger partial charge in [0.15, 0.2) is 0 Å². The van der Waals surface area contributed by atoms with Crippen LogP contribution >= 0.6 is 0 Å². The number of hydrogen-bond donors (Lipinski definition) is 2. The molecule has 2 N–H and O–H groups in total. The van der Waals surface area contributed by atoms with Crippen molar-refractivity contribution in [2.45, 2.75) is 44.1 Å². The molecule has 2 aromatic rings. The van der Waals surface area contributed by atoms with Crippen LogP contribution in [0.15, 0.2) is 59.4 Å². The van der Waals surface area contributed by atoms with Gasteiger partial charge in [0, 0.05) is 28.8 Å². The maximum atomic E-state index is 13.6. The summed E-state index contributed by atoms with van der Waals surface area (Å²) in [6.45, 7) is 1.09. The summed E-state index contributed by atoms with van der Waals surface area (Å²) in [4.78, 5) is 14.7. The highest BCUT2D eigenvalue weighted by atomic mass is 19.1. The maximum Gasteiger partial charge on any atom is 0.268 e. The molecule has 0 saturated carbocycles. The molecule has 4 rings (SSSR count). The Kier molecular flexibility index (Phi) is 7.00. The van der Waals surface area contributed by atoms with Crippen molar-refractivity contribution in [1.29, 1.82) is 0 Å². The van der Waals surface area contributed by atoms with Crippen molar-refractivity contribution in [3.63, 3.8) is 0 Å². The monoisotopic (exact) mass is 434 g/mol. The van der Waals surface area contributed by atoms with E-state index in [2.05, 4.69) is 46.7 Å². The third kappa shape index (κ3) is 4.91. The van der Waals surface area contributed by atoms with Gasteiger partial charge in [0.05, 0.1) is 5.69 Å². The molecule has 168 valence electrons. The molecular weight excluding hydrogens is 403 g/mol. The van der Waals surface area contributed by atoms with Gasteiger partial charge >= 0.3 is 0 Å². The lowest BCUT2D eigenvalue weighted by molar-refractivity contribution is 0.401. The van der Waals surface area contributed by atoms with E-state index in [-0.39, 0.29) is 23.3 Å². The third-order valence-corrected chi connectivity index (χ3v) is 6.15. The molecule has 2 atom stereocenters. The second-order valence-electron chi connectivity index (χ2n) is 8.78. The Morgan fingerprint density at radius 1 is 1.19 bits per heavy atom. The van der Waals surface area contributed by atoms with E-state index in [1.807, 2.05) is 30.4 Å². The number of halogens is 1. The van der Waals surface area contributed by atoms with Crippen LogP contribution in [0, 0.1) is 5.82 Å². The van der Waals surface area contributed by atoms with E-state index in [0.29, 0.717) is 6.42 Å². The minimum atomic E-state index is -0.257. The zero-order chi connectivity index (χ0) is 22.5. The van der Waals surface area contributed by atoms with Gasteiger partial charge in [-0.25, -0.2) is 9.49 Å². The fourth-order valence-electron chi connectivity index (χ4n) is 4.59. The number of aromatic nitrogens is 2. The van der Waals surface area contributed by atoms with Crippen LogP contribution in [0.25, 0.3) is 5.70 Å². The number of benzene rings is 1. The number of nitrogens with zero attached hydrogens (tertiary/aromatic N) is 2. The number of hydrogen-bond acceptors (Lipinski definition) is 4. The Morgan fingerprint density at radius 3 is 2.75 bits per heavy atom. The van der Waals surface area contributed by atoms with Crippen molar-refractivity contribution in [2.24, 2.45) is 0 Å². The molecule has 5 nitrogen and oxygen atoms in total. The number of rotatable bonds is 8. The summed E-state index contributed by atoms with van der Waals surface area (Å²) in [6, 6.07) is 6.73. The standard InChI is InChI=1S/C26H31FN4O/c1-31(2)17-9-5-3-4-6-11-21-23(18-13-15-19(27)16-14-18)25-24-20(26(32)30-29-25)10-7-8-12-22(24)28-21/h3-4,7-8,12-16,21,23,28H,5-6,9-11,17H2,1-2H3,(H,30,32)/b4-3-. The average Bonchev–Trinajstić information content (AvgIpc) is 2.99. The van der Waals surface area contributed by atoms with Crippen LogP contribution in [0.4, 0.5) is 4.39 Å². The normalized spacial score (nSPS) is 19.6. The summed E-state index contributed by atoms with van der Waals surface area (Å²) < 4.78 is 13.6. The summed E-state index contributed by atoms with van der Waals surface area (Å²) in [7, 11) is 4.19. The molecular formula is C26H31FN4O. The van der Waals surface area contributed by atoms with Crippen LogP contribution < -0.4 is 10.9 Å². The third-order valence-electron chi connectivity index (χ3n) is 6.15. The Labute approximate surface area is 188 Å². The van der Waals surface area contributed by atoms with Crippen LogP contribution in [0.5, 0.6) is 0 Å². The van der Waals surface area contributed by atoms with E-state index in [1.165, 1.54) is 12.1 Å². The van der Waals surface area contributed by atoms with Crippen LogP contribution in [0.1, 0.15) is 54.0 Å². The molecule has 2 aliphatic rings. The lowest BCUT2D eigenvalue weighted by Crippen LogP contribution is -2.41. The summed E-state index contributed by atoms with van der Waals surface area (Å²) in [5, 5.41) is 10.9. The van der Waals surface area contributed by atoms with Gasteiger partial charge in [0.2, 0.25) is 0 Å². The summed E-state index contributed by atoms with van der Waals surface area (Å²) in [5.41, 5.74) is 4.27. The molecule has 1 aromatic carbocycles. The van der Waals surface area contributed by atoms with Crippen LogP contribution in [0.3, 0.4) is 0 Å². The van der Waals surface area contributed by atoms with Gasteiger partial charge in [-0.2, -0.15) is 5.10 Å². The van der Waals surface area contributed by atoms with Gasteiger partial charge < -0.3 is 10.2 Å². The molecule has 1 aromatic heterocycles. The van der Waals surface area contributed by atoms with Crippen molar-refractivity contribution in [1.82, 2.24) is 20.4 Å². The minimum Gasteiger partial charge on any atom is -0.381 e. The first-order valence-corrected chi connectivity index (χ1v) is 11.3. The van der Waals surface area contributed by atoms with Gasteiger partial charge in [0.25, 0.3) is 5.56 Å². The highest BCUT2D eigenvalue weighted by molar-refractivity contribution is 5.74. The van der Waals surface area contributed by atoms with E-state index < -0.39 is 0 Å². The molecule has 32 heavy (non-hydrogen) atoms. The van der Waals surface area contributed by atoms with Gasteiger partial charge in [-0.3, -0.25) is 4.79 Å². The van der Waals surface area contributed by atoms with E-state index in [4.69, 9.17) is 0 Å². The largest absolute Gasteiger partial charge is 0.381 e. The second kappa shape index (κ2) is 10.1. The highest BCUT2D eigenvalue weighted by Gasteiger charge is 2.36. The van der Waals surface area contributed by atoms with E-state index >= 15 is 0 Å². The van der Waals surface area contributed by atoms with Crippen molar-refractivity contribution in [3.05, 3.63) is 93.2 Å². The summed E-state index contributed by atoms with van der Waals surface area (Å²) in [5.74, 6) is -0.327. The first-order valence-electron chi connectivity index (χ1n) is 11.3. The molecule has 2 heterocycles. The predicted molar refractivity (Wildman–Crippen MR) is 127 cm³/mol. The summed E-state index contributed by atoms with van der Waals surface area (Å²) >= 11 is 0. The Balaban J connectivity index is 1.62. The molecule has 0 fully saturated rings. The molecule has 1 aliphatic carbocycles. The topological polar surface area (TPSA) is 61.0 Å². The first kappa shape index (κ1) is 22.2. The van der Waals surface area contributed by atoms with Crippen molar-refractivity contribution in [2.75, 3.05) is 20.6 Å². The minimum absolute atomic E-state index is 0.0707. The van der Waals surface area contributed by atoms with E-state index in [1.54, 1.807) is 0 Å².